The van der Waals surface area contributed by atoms with Gasteiger partial charge in [-0.25, -0.2) is 13.1 Å². The number of sulfonamides is 1. The van der Waals surface area contributed by atoms with E-state index in [4.69, 9.17) is 17.3 Å². The predicted molar refractivity (Wildman–Crippen MR) is 70.0 cm³/mol. The molecule has 1 atom stereocenters. The normalized spacial score (nSPS) is 13.5. The lowest BCUT2D eigenvalue weighted by Crippen LogP contribution is -2.28. The molecule has 17 heavy (non-hydrogen) atoms. The van der Waals surface area contributed by atoms with Gasteiger partial charge >= 0.3 is 0 Å². The van der Waals surface area contributed by atoms with Gasteiger partial charge in [0.2, 0.25) is 10.0 Å². The van der Waals surface area contributed by atoms with Gasteiger partial charge in [0.05, 0.1) is 5.69 Å². The van der Waals surface area contributed by atoms with Crippen LogP contribution in [0.5, 0.6) is 0 Å². The molecule has 0 heterocycles. The zero-order valence-electron chi connectivity index (χ0n) is 9.14. The predicted octanol–water partition coefficient (Wildman–Crippen LogP) is 0.579. The SMILES string of the molecule is CS(=O)CCNS(=O)(=O)c1ccc(Cl)cc1N. The Morgan fingerprint density at radius 1 is 1.47 bits per heavy atom. The molecule has 0 spiro atoms. The zero-order valence-corrected chi connectivity index (χ0v) is 11.5. The number of rotatable bonds is 5. The summed E-state index contributed by atoms with van der Waals surface area (Å²) < 4.78 is 36.8. The van der Waals surface area contributed by atoms with E-state index in [0.717, 1.165) is 0 Å². The van der Waals surface area contributed by atoms with E-state index in [-0.39, 0.29) is 22.9 Å². The molecular weight excluding hydrogens is 284 g/mol. The van der Waals surface area contributed by atoms with E-state index in [0.29, 0.717) is 5.02 Å². The summed E-state index contributed by atoms with van der Waals surface area (Å²) in [5, 5.41) is 0.371. The lowest BCUT2D eigenvalue weighted by molar-refractivity contribution is 0.584. The summed E-state index contributed by atoms with van der Waals surface area (Å²) in [7, 11) is -4.72. The van der Waals surface area contributed by atoms with Crippen molar-refractivity contribution >= 4 is 38.1 Å². The van der Waals surface area contributed by atoms with E-state index in [2.05, 4.69) is 4.72 Å². The van der Waals surface area contributed by atoms with Crippen LogP contribution in [0.15, 0.2) is 23.1 Å². The second-order valence-electron chi connectivity index (χ2n) is 3.36. The molecule has 0 radical (unpaired) electrons. The lowest BCUT2D eigenvalue weighted by atomic mass is 10.3. The van der Waals surface area contributed by atoms with Crippen molar-refractivity contribution in [2.45, 2.75) is 4.90 Å². The smallest absolute Gasteiger partial charge is 0.242 e. The van der Waals surface area contributed by atoms with E-state index in [1.807, 2.05) is 0 Å². The summed E-state index contributed by atoms with van der Waals surface area (Å²) in [6.45, 7) is 0.105. The van der Waals surface area contributed by atoms with Crippen LogP contribution in [0.2, 0.25) is 5.02 Å². The third-order valence-corrected chi connectivity index (χ3v) is 4.49. The summed E-state index contributed by atoms with van der Waals surface area (Å²) in [4.78, 5) is -0.0243. The molecule has 8 heteroatoms. The second kappa shape index (κ2) is 5.81. The van der Waals surface area contributed by atoms with Crippen LogP contribution in [0.25, 0.3) is 0 Å². The van der Waals surface area contributed by atoms with Gasteiger partial charge in [-0.2, -0.15) is 0 Å². The van der Waals surface area contributed by atoms with E-state index in [1.54, 1.807) is 0 Å². The van der Waals surface area contributed by atoms with Crippen molar-refractivity contribution in [2.24, 2.45) is 0 Å². The first kappa shape index (κ1) is 14.4. The van der Waals surface area contributed by atoms with E-state index in [1.165, 1.54) is 24.5 Å². The molecule has 3 N–H and O–H groups in total. The topological polar surface area (TPSA) is 89.3 Å². The van der Waals surface area contributed by atoms with Gasteiger partial charge in [-0.15, -0.1) is 0 Å². The second-order valence-corrected chi connectivity index (χ2v) is 7.08. The van der Waals surface area contributed by atoms with Gasteiger partial charge in [0.15, 0.2) is 0 Å². The van der Waals surface area contributed by atoms with Gasteiger partial charge in [-0.3, -0.25) is 4.21 Å². The summed E-state index contributed by atoms with van der Waals surface area (Å²) >= 11 is 5.68. The standard InChI is InChI=1S/C9H13ClN2O3S2/c1-16(13)5-4-12-17(14,15)9-3-2-7(10)6-8(9)11/h2-3,6,12H,4-5,11H2,1H3. The average molecular weight is 297 g/mol. The van der Waals surface area contributed by atoms with Gasteiger partial charge in [-0.05, 0) is 18.2 Å². The highest BCUT2D eigenvalue weighted by Crippen LogP contribution is 2.21. The first-order valence-electron chi connectivity index (χ1n) is 4.67. The third kappa shape index (κ3) is 4.27. The first-order chi connectivity index (χ1) is 7.83. The van der Waals surface area contributed by atoms with Gasteiger partial charge in [0, 0.05) is 34.4 Å². The van der Waals surface area contributed by atoms with E-state index < -0.39 is 20.8 Å². The van der Waals surface area contributed by atoms with Crippen molar-refractivity contribution in [3.05, 3.63) is 23.2 Å². The summed E-state index contributed by atoms with van der Waals surface area (Å²) in [6, 6.07) is 4.15. The molecule has 1 unspecified atom stereocenters. The van der Waals surface area contributed by atoms with Crippen molar-refractivity contribution in [1.29, 1.82) is 0 Å². The van der Waals surface area contributed by atoms with Gasteiger partial charge in [-0.1, -0.05) is 11.6 Å². The van der Waals surface area contributed by atoms with Crippen LogP contribution < -0.4 is 10.5 Å². The molecule has 0 fully saturated rings. The lowest BCUT2D eigenvalue weighted by Gasteiger charge is -2.08. The Morgan fingerprint density at radius 3 is 2.65 bits per heavy atom. The third-order valence-electron chi connectivity index (χ3n) is 1.94. The minimum Gasteiger partial charge on any atom is -0.398 e. The largest absolute Gasteiger partial charge is 0.398 e. The Bertz CT molecular complexity index is 531. The number of nitrogen functional groups attached to an aromatic ring is 1. The van der Waals surface area contributed by atoms with Crippen LogP contribution in [0.1, 0.15) is 0 Å². The quantitative estimate of drug-likeness (QED) is 0.778. The number of halogens is 1. The van der Waals surface area contributed by atoms with Crippen LogP contribution in [-0.2, 0) is 20.8 Å². The summed E-state index contributed by atoms with van der Waals surface area (Å²) in [5.41, 5.74) is 5.66. The number of nitrogens with two attached hydrogens (primary N) is 1. The fourth-order valence-corrected chi connectivity index (χ4v) is 3.00. The molecule has 0 aliphatic carbocycles. The van der Waals surface area contributed by atoms with Crippen LogP contribution >= 0.6 is 11.6 Å². The number of anilines is 1. The van der Waals surface area contributed by atoms with Crippen molar-refractivity contribution in [2.75, 3.05) is 24.3 Å². The average Bonchev–Trinajstić information content (AvgIpc) is 2.15. The minimum absolute atomic E-state index is 0.0243. The Kier molecular flexibility index (Phi) is 4.93. The Hall–Kier alpha value is -0.630. The number of nitrogens with one attached hydrogen (secondary N) is 1. The maximum Gasteiger partial charge on any atom is 0.242 e. The number of hydrogen-bond acceptors (Lipinski definition) is 4. The molecule has 0 aliphatic rings. The van der Waals surface area contributed by atoms with Gasteiger partial charge in [0.25, 0.3) is 0 Å². The summed E-state index contributed by atoms with van der Waals surface area (Å²) in [5.74, 6) is 0.257. The number of hydrogen-bond donors (Lipinski definition) is 2. The van der Waals surface area contributed by atoms with Crippen LogP contribution in [0, 0.1) is 0 Å². The molecule has 1 aromatic rings. The molecule has 0 aliphatic heterocycles. The monoisotopic (exact) mass is 296 g/mol. The van der Waals surface area contributed by atoms with Gasteiger partial charge < -0.3 is 5.73 Å². The molecular formula is C9H13ClN2O3S2. The minimum atomic E-state index is -3.67. The Morgan fingerprint density at radius 2 is 2.12 bits per heavy atom. The highest BCUT2D eigenvalue weighted by Gasteiger charge is 2.16. The maximum atomic E-state index is 11.8. The summed E-state index contributed by atoms with van der Waals surface area (Å²) in [6.07, 6.45) is 1.50. The molecule has 0 saturated heterocycles. The van der Waals surface area contributed by atoms with Crippen LogP contribution in [-0.4, -0.2) is 31.2 Å². The Labute approximate surface area is 108 Å². The molecule has 96 valence electrons. The van der Waals surface area contributed by atoms with Crippen LogP contribution in [0.4, 0.5) is 5.69 Å². The highest BCUT2D eigenvalue weighted by molar-refractivity contribution is 7.89. The highest BCUT2D eigenvalue weighted by atomic mass is 35.5. The molecule has 0 bridgehead atoms. The van der Waals surface area contributed by atoms with Gasteiger partial charge in [0.1, 0.15) is 4.90 Å². The number of benzene rings is 1. The van der Waals surface area contributed by atoms with Crippen molar-refractivity contribution < 1.29 is 12.6 Å². The van der Waals surface area contributed by atoms with Crippen molar-refractivity contribution in [3.8, 4) is 0 Å². The molecule has 1 rings (SSSR count). The molecule has 0 amide bonds. The fraction of sp³-hybridized carbons (Fsp3) is 0.333. The van der Waals surface area contributed by atoms with E-state index in [9.17, 15) is 12.6 Å². The Balaban J connectivity index is 2.86. The van der Waals surface area contributed by atoms with Crippen molar-refractivity contribution in [1.82, 2.24) is 4.72 Å². The first-order valence-corrected chi connectivity index (χ1v) is 8.26. The molecule has 5 nitrogen and oxygen atoms in total. The zero-order chi connectivity index (χ0) is 13.1. The van der Waals surface area contributed by atoms with Crippen LogP contribution in [0.3, 0.4) is 0 Å². The van der Waals surface area contributed by atoms with Crippen molar-refractivity contribution in [3.63, 3.8) is 0 Å². The molecule has 1 aromatic carbocycles. The molecule has 0 aromatic heterocycles. The van der Waals surface area contributed by atoms with E-state index >= 15 is 0 Å². The molecule has 0 saturated carbocycles. The fourth-order valence-electron chi connectivity index (χ4n) is 1.16. The maximum absolute atomic E-state index is 11.8.